The lowest BCUT2D eigenvalue weighted by Crippen LogP contribution is -2.25. The van der Waals surface area contributed by atoms with Gasteiger partial charge in [-0.05, 0) is 50.3 Å². The molecule has 0 bridgehead atoms. The number of carbonyl (C=O) groups excluding carboxylic acids is 1. The summed E-state index contributed by atoms with van der Waals surface area (Å²) < 4.78 is 26.3. The number of pyridine rings is 1. The number of amides is 1. The summed E-state index contributed by atoms with van der Waals surface area (Å²) in [5.74, 6) is -2.05. The summed E-state index contributed by atoms with van der Waals surface area (Å²) in [6.45, 7) is 0.589. The van der Waals surface area contributed by atoms with E-state index in [0.717, 1.165) is 31.4 Å². The van der Waals surface area contributed by atoms with E-state index in [2.05, 4.69) is 21.7 Å². The van der Waals surface area contributed by atoms with Crippen LogP contribution in [0.5, 0.6) is 0 Å². The first-order chi connectivity index (χ1) is 12.6. The molecule has 1 aliphatic rings. The third-order valence-corrected chi connectivity index (χ3v) is 4.33. The smallest absolute Gasteiger partial charge is 0.252 e. The van der Waals surface area contributed by atoms with Gasteiger partial charge in [0, 0.05) is 24.5 Å². The zero-order chi connectivity index (χ0) is 18.4. The highest BCUT2D eigenvalue weighted by atomic mass is 19.2. The highest BCUT2D eigenvalue weighted by Gasteiger charge is 2.09. The molecule has 4 nitrogen and oxygen atoms in total. The van der Waals surface area contributed by atoms with E-state index < -0.39 is 11.6 Å². The Hall–Kier alpha value is -2.76. The third-order valence-electron chi connectivity index (χ3n) is 4.33. The fourth-order valence-corrected chi connectivity index (χ4v) is 2.94. The molecule has 136 valence electrons. The van der Waals surface area contributed by atoms with E-state index in [9.17, 15) is 13.6 Å². The van der Waals surface area contributed by atoms with Gasteiger partial charge in [-0.2, -0.15) is 0 Å². The third kappa shape index (κ3) is 4.88. The number of halogens is 2. The molecule has 6 heteroatoms. The second kappa shape index (κ2) is 8.56. The van der Waals surface area contributed by atoms with Gasteiger partial charge >= 0.3 is 0 Å². The van der Waals surface area contributed by atoms with Crippen LogP contribution in [0.4, 0.5) is 20.2 Å². The Balaban J connectivity index is 1.58. The minimum absolute atomic E-state index is 0.206. The number of anilines is 2. The number of nitrogens with one attached hydrogen (secondary N) is 2. The molecule has 1 aromatic heterocycles. The predicted molar refractivity (Wildman–Crippen MR) is 97.4 cm³/mol. The number of allylic oxidation sites excluding steroid dienone is 1. The molecule has 2 N–H and O–H groups in total. The molecule has 0 atom stereocenters. The van der Waals surface area contributed by atoms with Crippen LogP contribution in [0.2, 0.25) is 0 Å². The number of hydrogen-bond donors (Lipinski definition) is 2. The minimum atomic E-state index is -0.936. The van der Waals surface area contributed by atoms with Crippen molar-refractivity contribution in [3.8, 4) is 0 Å². The standard InChI is InChI=1S/C20H21F2N3O/c21-18-7-6-16(11-19(18)22)25-17-10-15(12-23-13-17)20(26)24-9-8-14-4-2-1-3-5-14/h4,6-7,10-13,25H,1-3,5,8-9H2,(H,24,26). The molecule has 1 amide bonds. The lowest BCUT2D eigenvalue weighted by molar-refractivity contribution is 0.0953. The Morgan fingerprint density at radius 3 is 2.73 bits per heavy atom. The summed E-state index contributed by atoms with van der Waals surface area (Å²) in [4.78, 5) is 16.3. The van der Waals surface area contributed by atoms with Gasteiger partial charge in [-0.25, -0.2) is 8.78 Å². The van der Waals surface area contributed by atoms with Gasteiger partial charge in [0.25, 0.3) is 5.91 Å². The molecule has 0 fully saturated rings. The van der Waals surface area contributed by atoms with Gasteiger partial charge in [0.15, 0.2) is 11.6 Å². The summed E-state index contributed by atoms with van der Waals surface area (Å²) in [7, 11) is 0. The van der Waals surface area contributed by atoms with E-state index in [1.165, 1.54) is 36.9 Å². The van der Waals surface area contributed by atoms with Gasteiger partial charge < -0.3 is 10.6 Å². The number of rotatable bonds is 6. The van der Waals surface area contributed by atoms with Gasteiger partial charge in [-0.3, -0.25) is 9.78 Å². The molecule has 1 aliphatic carbocycles. The zero-order valence-corrected chi connectivity index (χ0v) is 14.4. The number of aromatic nitrogens is 1. The molecule has 0 spiro atoms. The van der Waals surface area contributed by atoms with Crippen LogP contribution in [0, 0.1) is 11.6 Å². The molecular weight excluding hydrogens is 336 g/mol. The average Bonchev–Trinajstić information content (AvgIpc) is 2.66. The number of carbonyl (C=O) groups is 1. The lowest BCUT2D eigenvalue weighted by Gasteiger charge is -2.13. The summed E-state index contributed by atoms with van der Waals surface area (Å²) in [6.07, 6.45) is 10.8. The Morgan fingerprint density at radius 2 is 1.96 bits per heavy atom. The average molecular weight is 357 g/mol. The van der Waals surface area contributed by atoms with Gasteiger partial charge in [0.2, 0.25) is 0 Å². The van der Waals surface area contributed by atoms with Crippen molar-refractivity contribution in [2.75, 3.05) is 11.9 Å². The molecule has 26 heavy (non-hydrogen) atoms. The van der Waals surface area contributed by atoms with E-state index in [1.807, 2.05) is 0 Å². The van der Waals surface area contributed by atoms with Crippen LogP contribution in [0.25, 0.3) is 0 Å². The van der Waals surface area contributed by atoms with Gasteiger partial charge in [0.05, 0.1) is 17.4 Å². The van der Waals surface area contributed by atoms with Crippen LogP contribution < -0.4 is 10.6 Å². The maximum absolute atomic E-state index is 13.3. The second-order valence-electron chi connectivity index (χ2n) is 6.33. The Labute approximate surface area is 151 Å². The second-order valence-corrected chi connectivity index (χ2v) is 6.33. The van der Waals surface area contributed by atoms with Gasteiger partial charge in [-0.15, -0.1) is 0 Å². The topological polar surface area (TPSA) is 54.0 Å². The summed E-state index contributed by atoms with van der Waals surface area (Å²) >= 11 is 0. The predicted octanol–water partition coefficient (Wildman–Crippen LogP) is 4.72. The van der Waals surface area contributed by atoms with E-state index in [-0.39, 0.29) is 5.91 Å². The summed E-state index contributed by atoms with van der Waals surface area (Å²) in [6, 6.07) is 5.15. The molecule has 1 aromatic carbocycles. The molecule has 0 unspecified atom stereocenters. The first kappa shape index (κ1) is 18.0. The van der Waals surface area contributed by atoms with E-state index in [1.54, 1.807) is 6.07 Å². The monoisotopic (exact) mass is 357 g/mol. The van der Waals surface area contributed by atoms with Crippen LogP contribution in [-0.4, -0.2) is 17.4 Å². The maximum atomic E-state index is 13.3. The van der Waals surface area contributed by atoms with Crippen molar-refractivity contribution in [3.05, 3.63) is 65.5 Å². The molecule has 0 saturated carbocycles. The molecule has 0 saturated heterocycles. The van der Waals surface area contributed by atoms with Crippen LogP contribution >= 0.6 is 0 Å². The zero-order valence-electron chi connectivity index (χ0n) is 14.4. The molecule has 1 heterocycles. The number of benzene rings is 1. The molecular formula is C20H21F2N3O. The highest BCUT2D eigenvalue weighted by molar-refractivity contribution is 5.94. The van der Waals surface area contributed by atoms with Crippen molar-refractivity contribution in [1.82, 2.24) is 10.3 Å². The SMILES string of the molecule is O=C(NCCC1=CCCCC1)c1cncc(Nc2ccc(F)c(F)c2)c1. The van der Waals surface area contributed by atoms with E-state index in [4.69, 9.17) is 0 Å². The van der Waals surface area contributed by atoms with Crippen molar-refractivity contribution in [2.24, 2.45) is 0 Å². The van der Waals surface area contributed by atoms with Crippen molar-refractivity contribution >= 4 is 17.3 Å². The fraction of sp³-hybridized carbons (Fsp3) is 0.300. The van der Waals surface area contributed by atoms with Crippen molar-refractivity contribution in [1.29, 1.82) is 0 Å². The van der Waals surface area contributed by atoms with Crippen LogP contribution in [0.3, 0.4) is 0 Å². The molecule has 0 aliphatic heterocycles. The van der Waals surface area contributed by atoms with E-state index >= 15 is 0 Å². The maximum Gasteiger partial charge on any atom is 0.252 e. The first-order valence-corrected chi connectivity index (χ1v) is 8.75. The van der Waals surface area contributed by atoms with Crippen LogP contribution in [0.1, 0.15) is 42.5 Å². The summed E-state index contributed by atoms with van der Waals surface area (Å²) in [5.41, 5.74) is 2.73. The summed E-state index contributed by atoms with van der Waals surface area (Å²) in [5, 5.41) is 5.81. The molecule has 2 aromatic rings. The molecule has 3 rings (SSSR count). The number of hydrogen-bond acceptors (Lipinski definition) is 3. The normalized spacial score (nSPS) is 13.8. The van der Waals surface area contributed by atoms with Gasteiger partial charge in [0.1, 0.15) is 0 Å². The van der Waals surface area contributed by atoms with E-state index in [0.29, 0.717) is 23.5 Å². The Kier molecular flexibility index (Phi) is 5.94. The Morgan fingerprint density at radius 1 is 1.08 bits per heavy atom. The number of nitrogens with zero attached hydrogens (tertiary/aromatic N) is 1. The van der Waals surface area contributed by atoms with Crippen LogP contribution in [-0.2, 0) is 0 Å². The fourth-order valence-electron chi connectivity index (χ4n) is 2.94. The highest BCUT2D eigenvalue weighted by Crippen LogP contribution is 2.20. The Bertz CT molecular complexity index is 820. The van der Waals surface area contributed by atoms with Crippen LogP contribution in [0.15, 0.2) is 48.3 Å². The quantitative estimate of drug-likeness (QED) is 0.735. The van der Waals surface area contributed by atoms with Crippen molar-refractivity contribution in [2.45, 2.75) is 32.1 Å². The first-order valence-electron chi connectivity index (χ1n) is 8.75. The lowest BCUT2D eigenvalue weighted by atomic mass is 9.97. The van der Waals surface area contributed by atoms with Crippen molar-refractivity contribution < 1.29 is 13.6 Å². The largest absolute Gasteiger partial charge is 0.354 e. The van der Waals surface area contributed by atoms with Gasteiger partial charge in [-0.1, -0.05) is 11.6 Å². The van der Waals surface area contributed by atoms with Crippen molar-refractivity contribution in [3.63, 3.8) is 0 Å². The minimum Gasteiger partial charge on any atom is -0.354 e. The molecule has 0 radical (unpaired) electrons.